The summed E-state index contributed by atoms with van der Waals surface area (Å²) in [5, 5.41) is 2.75. The van der Waals surface area contributed by atoms with Crippen LogP contribution in [-0.2, 0) is 21.2 Å². The summed E-state index contributed by atoms with van der Waals surface area (Å²) in [4.78, 5) is 13.6. The molecule has 1 heterocycles. The van der Waals surface area contributed by atoms with Crippen molar-refractivity contribution < 1.29 is 17.9 Å². The number of aryl methyl sites for hydroxylation is 1. The van der Waals surface area contributed by atoms with E-state index in [0.717, 1.165) is 12.1 Å². The summed E-state index contributed by atoms with van der Waals surface area (Å²) in [5.41, 5.74) is 1.95. The Kier molecular flexibility index (Phi) is 5.67. The highest BCUT2D eigenvalue weighted by molar-refractivity contribution is 7.92. The Balaban J connectivity index is 1.68. The SMILES string of the molecule is CN(C)CCOc1ccc(NS(=O)(=O)c2ccc3c(c2)CCC(=O)N3)cc1. The molecule has 3 rings (SSSR count). The molecule has 1 aliphatic rings. The van der Waals surface area contributed by atoms with Gasteiger partial charge in [-0.05, 0) is 68.5 Å². The Labute approximate surface area is 159 Å². The third kappa shape index (κ3) is 4.99. The summed E-state index contributed by atoms with van der Waals surface area (Å²) in [6.07, 6.45) is 0.892. The molecule has 27 heavy (non-hydrogen) atoms. The number of sulfonamides is 1. The molecule has 2 aromatic carbocycles. The molecular weight excluding hydrogens is 366 g/mol. The Bertz CT molecular complexity index is 924. The fraction of sp³-hybridized carbons (Fsp3) is 0.316. The fourth-order valence-electron chi connectivity index (χ4n) is 2.71. The number of ether oxygens (including phenoxy) is 1. The van der Waals surface area contributed by atoms with Crippen LogP contribution in [0.15, 0.2) is 47.4 Å². The molecule has 1 amide bonds. The summed E-state index contributed by atoms with van der Waals surface area (Å²) in [6, 6.07) is 11.5. The van der Waals surface area contributed by atoms with Crippen molar-refractivity contribution in [3.63, 3.8) is 0 Å². The molecule has 144 valence electrons. The van der Waals surface area contributed by atoms with Crippen LogP contribution in [-0.4, -0.2) is 46.5 Å². The van der Waals surface area contributed by atoms with E-state index in [4.69, 9.17) is 4.74 Å². The molecule has 7 nitrogen and oxygen atoms in total. The van der Waals surface area contributed by atoms with E-state index in [1.807, 2.05) is 19.0 Å². The van der Waals surface area contributed by atoms with Crippen LogP contribution < -0.4 is 14.8 Å². The maximum atomic E-state index is 12.6. The van der Waals surface area contributed by atoms with Crippen molar-refractivity contribution >= 4 is 27.3 Å². The lowest BCUT2D eigenvalue weighted by Gasteiger charge is -2.18. The average molecular weight is 389 g/mol. The molecule has 0 aromatic heterocycles. The van der Waals surface area contributed by atoms with Gasteiger partial charge in [0, 0.05) is 24.3 Å². The van der Waals surface area contributed by atoms with Gasteiger partial charge in [-0.2, -0.15) is 0 Å². The van der Waals surface area contributed by atoms with Crippen LogP contribution in [0.4, 0.5) is 11.4 Å². The number of hydrogen-bond donors (Lipinski definition) is 2. The summed E-state index contributed by atoms with van der Waals surface area (Å²) in [6.45, 7) is 1.36. The van der Waals surface area contributed by atoms with Crippen molar-refractivity contribution in [2.45, 2.75) is 17.7 Å². The van der Waals surface area contributed by atoms with E-state index < -0.39 is 10.0 Å². The molecule has 0 unspecified atom stereocenters. The Hall–Kier alpha value is -2.58. The van der Waals surface area contributed by atoms with Gasteiger partial charge in [0.25, 0.3) is 10.0 Å². The largest absolute Gasteiger partial charge is 0.492 e. The molecule has 2 N–H and O–H groups in total. The molecule has 0 aliphatic carbocycles. The maximum Gasteiger partial charge on any atom is 0.261 e. The van der Waals surface area contributed by atoms with Crippen molar-refractivity contribution in [3.05, 3.63) is 48.0 Å². The van der Waals surface area contributed by atoms with Gasteiger partial charge < -0.3 is 15.0 Å². The first-order valence-corrected chi connectivity index (χ1v) is 10.1. The van der Waals surface area contributed by atoms with Gasteiger partial charge in [0.2, 0.25) is 5.91 Å². The summed E-state index contributed by atoms with van der Waals surface area (Å²) in [5.74, 6) is 0.633. The van der Waals surface area contributed by atoms with Gasteiger partial charge in [0.1, 0.15) is 12.4 Å². The van der Waals surface area contributed by atoms with Crippen molar-refractivity contribution in [3.8, 4) is 5.75 Å². The third-order valence-corrected chi connectivity index (χ3v) is 5.58. The van der Waals surface area contributed by atoms with Crippen molar-refractivity contribution in [1.82, 2.24) is 4.90 Å². The standard InChI is InChI=1S/C19H23N3O4S/c1-22(2)11-12-26-16-6-4-15(5-7-16)21-27(24,25)17-8-9-18-14(13-17)3-10-19(23)20-18/h4-9,13,21H,3,10-12H2,1-2H3,(H,20,23). The number of nitrogens with zero attached hydrogens (tertiary/aromatic N) is 1. The van der Waals surface area contributed by atoms with Gasteiger partial charge in [0.05, 0.1) is 4.90 Å². The molecule has 0 saturated heterocycles. The first-order valence-electron chi connectivity index (χ1n) is 8.67. The fourth-order valence-corrected chi connectivity index (χ4v) is 3.82. The molecule has 0 radical (unpaired) electrons. The van der Waals surface area contributed by atoms with E-state index >= 15 is 0 Å². The highest BCUT2D eigenvalue weighted by Crippen LogP contribution is 2.27. The number of amides is 1. The predicted octanol–water partition coefficient (Wildman–Crippen LogP) is 2.31. The number of fused-ring (bicyclic) bond motifs is 1. The van der Waals surface area contributed by atoms with Gasteiger partial charge in [0.15, 0.2) is 0 Å². The van der Waals surface area contributed by atoms with Crippen LogP contribution in [0.25, 0.3) is 0 Å². The molecule has 1 aliphatic heterocycles. The number of carbonyl (C=O) groups is 1. The number of rotatable bonds is 7. The lowest BCUT2D eigenvalue weighted by molar-refractivity contribution is -0.116. The Morgan fingerprint density at radius 1 is 1.11 bits per heavy atom. The first kappa shape index (κ1) is 19.2. The van der Waals surface area contributed by atoms with E-state index in [2.05, 4.69) is 10.0 Å². The number of nitrogens with one attached hydrogen (secondary N) is 2. The predicted molar refractivity (Wildman–Crippen MR) is 105 cm³/mol. The quantitative estimate of drug-likeness (QED) is 0.759. The zero-order chi connectivity index (χ0) is 19.4. The zero-order valence-electron chi connectivity index (χ0n) is 15.4. The lowest BCUT2D eigenvalue weighted by Crippen LogP contribution is -2.20. The minimum absolute atomic E-state index is 0.0517. The van der Waals surface area contributed by atoms with Crippen LogP contribution in [0.5, 0.6) is 5.75 Å². The second kappa shape index (κ2) is 7.98. The Morgan fingerprint density at radius 3 is 2.56 bits per heavy atom. The number of benzene rings is 2. The van der Waals surface area contributed by atoms with Crippen LogP contribution in [0, 0.1) is 0 Å². The van der Waals surface area contributed by atoms with E-state index in [1.165, 1.54) is 6.07 Å². The lowest BCUT2D eigenvalue weighted by atomic mass is 10.0. The summed E-state index contributed by atoms with van der Waals surface area (Å²) >= 11 is 0. The maximum absolute atomic E-state index is 12.6. The van der Waals surface area contributed by atoms with Crippen molar-refractivity contribution in [1.29, 1.82) is 0 Å². The van der Waals surface area contributed by atoms with E-state index in [-0.39, 0.29) is 10.8 Å². The highest BCUT2D eigenvalue weighted by atomic mass is 32.2. The number of anilines is 2. The smallest absolute Gasteiger partial charge is 0.261 e. The molecular formula is C19H23N3O4S. The topological polar surface area (TPSA) is 87.7 Å². The minimum Gasteiger partial charge on any atom is -0.492 e. The molecule has 0 saturated carbocycles. The third-order valence-electron chi connectivity index (χ3n) is 4.20. The second-order valence-corrected chi connectivity index (χ2v) is 8.33. The average Bonchev–Trinajstić information content (AvgIpc) is 2.62. The molecule has 0 spiro atoms. The molecule has 0 atom stereocenters. The van der Waals surface area contributed by atoms with Gasteiger partial charge in [-0.25, -0.2) is 8.42 Å². The first-order chi connectivity index (χ1) is 12.8. The van der Waals surface area contributed by atoms with Crippen molar-refractivity contribution in [2.24, 2.45) is 0 Å². The van der Waals surface area contributed by atoms with E-state index in [1.54, 1.807) is 36.4 Å². The molecule has 2 aromatic rings. The summed E-state index contributed by atoms with van der Waals surface area (Å²) in [7, 11) is 0.225. The van der Waals surface area contributed by atoms with Crippen LogP contribution in [0.3, 0.4) is 0 Å². The van der Waals surface area contributed by atoms with Gasteiger partial charge >= 0.3 is 0 Å². The van der Waals surface area contributed by atoms with Crippen LogP contribution >= 0.6 is 0 Å². The minimum atomic E-state index is -3.71. The van der Waals surface area contributed by atoms with Crippen molar-refractivity contribution in [2.75, 3.05) is 37.3 Å². The molecule has 0 bridgehead atoms. The van der Waals surface area contributed by atoms with Gasteiger partial charge in [-0.1, -0.05) is 0 Å². The number of hydrogen-bond acceptors (Lipinski definition) is 5. The van der Waals surface area contributed by atoms with Gasteiger partial charge in [-0.3, -0.25) is 9.52 Å². The molecule has 8 heteroatoms. The van der Waals surface area contributed by atoms with Gasteiger partial charge in [-0.15, -0.1) is 0 Å². The summed E-state index contributed by atoms with van der Waals surface area (Å²) < 4.78 is 33.5. The monoisotopic (exact) mass is 389 g/mol. The second-order valence-electron chi connectivity index (χ2n) is 6.65. The highest BCUT2D eigenvalue weighted by Gasteiger charge is 2.20. The molecule has 0 fully saturated rings. The number of likely N-dealkylation sites (N-methyl/N-ethyl adjacent to an activating group) is 1. The van der Waals surface area contributed by atoms with Crippen LogP contribution in [0.1, 0.15) is 12.0 Å². The number of carbonyl (C=O) groups excluding carboxylic acids is 1. The zero-order valence-corrected chi connectivity index (χ0v) is 16.2. The van der Waals surface area contributed by atoms with Crippen LogP contribution in [0.2, 0.25) is 0 Å². The van der Waals surface area contributed by atoms with E-state index in [0.29, 0.717) is 36.6 Å². The normalized spacial score (nSPS) is 13.8. The Morgan fingerprint density at radius 2 is 1.85 bits per heavy atom. The van der Waals surface area contributed by atoms with E-state index in [9.17, 15) is 13.2 Å².